The van der Waals surface area contributed by atoms with Crippen LogP contribution >= 0.6 is 22.6 Å². The summed E-state index contributed by atoms with van der Waals surface area (Å²) in [5.74, 6) is -0.858. The molecule has 0 aliphatic carbocycles. The minimum Gasteiger partial charge on any atom is -0.493 e. The number of alkyl halides is 1. The Balaban J connectivity index is 2.57. The summed E-state index contributed by atoms with van der Waals surface area (Å²) in [6.45, 7) is 1.11. The van der Waals surface area contributed by atoms with Gasteiger partial charge in [0.2, 0.25) is 0 Å². The molecule has 1 rings (SSSR count). The third-order valence-corrected chi connectivity index (χ3v) is 3.02. The number of halogens is 3. The van der Waals surface area contributed by atoms with Gasteiger partial charge >= 0.3 is 0 Å². The molecule has 5 heteroatoms. The zero-order chi connectivity index (χ0) is 12.7. The van der Waals surface area contributed by atoms with E-state index in [0.29, 0.717) is 29.0 Å². The molecule has 0 heterocycles. The van der Waals surface area contributed by atoms with Crippen molar-refractivity contribution < 1.29 is 18.3 Å². The van der Waals surface area contributed by atoms with Crippen molar-refractivity contribution in [2.24, 2.45) is 0 Å². The molecule has 0 aromatic heterocycles. The molecule has 0 aliphatic rings. The Morgan fingerprint density at radius 3 is 2.53 bits per heavy atom. The molecule has 0 saturated heterocycles. The van der Waals surface area contributed by atoms with E-state index in [1.807, 2.05) is 22.6 Å². The van der Waals surface area contributed by atoms with Gasteiger partial charge in [-0.2, -0.15) is 0 Å². The van der Waals surface area contributed by atoms with Gasteiger partial charge in [0.15, 0.2) is 0 Å². The maximum absolute atomic E-state index is 13.4. The van der Waals surface area contributed by atoms with Crippen LogP contribution in [0.2, 0.25) is 0 Å². The Hall–Kier alpha value is -0.430. The lowest BCUT2D eigenvalue weighted by atomic mass is 10.2. The summed E-state index contributed by atoms with van der Waals surface area (Å²) in [5, 5.41) is 0. The van der Waals surface area contributed by atoms with Gasteiger partial charge in [0.05, 0.1) is 6.61 Å². The first kappa shape index (κ1) is 14.6. The summed E-state index contributed by atoms with van der Waals surface area (Å²) in [5.41, 5.74) is 0.416. The second kappa shape index (κ2) is 7.81. The predicted molar refractivity (Wildman–Crippen MR) is 70.7 cm³/mol. The standard InChI is InChI=1S/C12H15F2IO2/c1-16-4-2-3-5-17-12-7-9(13)6-11(14)10(12)8-15/h6-7H,2-5,8H2,1H3. The molecule has 0 N–H and O–H groups in total. The minimum atomic E-state index is -0.608. The monoisotopic (exact) mass is 356 g/mol. The average molecular weight is 356 g/mol. The van der Waals surface area contributed by atoms with Crippen molar-refractivity contribution in [3.05, 3.63) is 29.3 Å². The molecule has 2 nitrogen and oxygen atoms in total. The van der Waals surface area contributed by atoms with E-state index >= 15 is 0 Å². The van der Waals surface area contributed by atoms with Gasteiger partial charge in [0.1, 0.15) is 17.4 Å². The van der Waals surface area contributed by atoms with Crippen LogP contribution in [-0.4, -0.2) is 20.3 Å². The highest BCUT2D eigenvalue weighted by molar-refractivity contribution is 14.1. The van der Waals surface area contributed by atoms with E-state index < -0.39 is 11.6 Å². The largest absolute Gasteiger partial charge is 0.493 e. The van der Waals surface area contributed by atoms with Crippen LogP contribution in [-0.2, 0) is 9.16 Å². The third kappa shape index (κ3) is 4.75. The highest BCUT2D eigenvalue weighted by Crippen LogP contribution is 2.26. The Labute approximate surface area is 113 Å². The van der Waals surface area contributed by atoms with Crippen LogP contribution < -0.4 is 4.74 Å². The number of hydrogen-bond donors (Lipinski definition) is 0. The van der Waals surface area contributed by atoms with Gasteiger partial charge in [-0.3, -0.25) is 0 Å². The number of ether oxygens (including phenoxy) is 2. The lowest BCUT2D eigenvalue weighted by Crippen LogP contribution is -2.03. The SMILES string of the molecule is COCCCCOc1cc(F)cc(F)c1CI. The summed E-state index contributed by atoms with van der Waals surface area (Å²) in [4.78, 5) is 0. The predicted octanol–water partition coefficient (Wildman–Crippen LogP) is 3.71. The lowest BCUT2D eigenvalue weighted by molar-refractivity contribution is 0.184. The first-order chi connectivity index (χ1) is 8.19. The molecule has 1 aromatic rings. The molecule has 0 bridgehead atoms. The zero-order valence-corrected chi connectivity index (χ0v) is 11.8. The second-order valence-corrected chi connectivity index (χ2v) is 4.31. The van der Waals surface area contributed by atoms with Crippen molar-refractivity contribution >= 4 is 22.6 Å². The normalized spacial score (nSPS) is 10.6. The van der Waals surface area contributed by atoms with E-state index in [9.17, 15) is 8.78 Å². The number of methoxy groups -OCH3 is 1. The fraction of sp³-hybridized carbons (Fsp3) is 0.500. The summed E-state index contributed by atoms with van der Waals surface area (Å²) in [6, 6.07) is 2.11. The highest BCUT2D eigenvalue weighted by atomic mass is 127. The highest BCUT2D eigenvalue weighted by Gasteiger charge is 2.11. The zero-order valence-electron chi connectivity index (χ0n) is 9.64. The fourth-order valence-corrected chi connectivity index (χ4v) is 2.11. The molecule has 17 heavy (non-hydrogen) atoms. The third-order valence-electron chi connectivity index (χ3n) is 2.25. The Morgan fingerprint density at radius 1 is 1.18 bits per heavy atom. The van der Waals surface area contributed by atoms with Crippen molar-refractivity contribution in [1.29, 1.82) is 0 Å². The molecule has 0 amide bonds. The van der Waals surface area contributed by atoms with Crippen LogP contribution in [0.3, 0.4) is 0 Å². The quantitative estimate of drug-likeness (QED) is 0.421. The number of rotatable bonds is 7. The summed E-state index contributed by atoms with van der Waals surface area (Å²) < 4.78 is 37.2. The molecule has 0 fully saturated rings. The molecule has 0 spiro atoms. The minimum absolute atomic E-state index is 0.300. The lowest BCUT2D eigenvalue weighted by Gasteiger charge is -2.11. The second-order valence-electron chi connectivity index (χ2n) is 3.55. The van der Waals surface area contributed by atoms with E-state index in [1.54, 1.807) is 7.11 Å². The molecule has 0 atom stereocenters. The van der Waals surface area contributed by atoms with Crippen LogP contribution in [0.15, 0.2) is 12.1 Å². The molecular weight excluding hydrogens is 341 g/mol. The van der Waals surface area contributed by atoms with Gasteiger partial charge < -0.3 is 9.47 Å². The van der Waals surface area contributed by atoms with E-state index in [0.717, 1.165) is 18.9 Å². The average Bonchev–Trinajstić information content (AvgIpc) is 2.28. The van der Waals surface area contributed by atoms with Crippen molar-refractivity contribution in [3.63, 3.8) is 0 Å². The van der Waals surface area contributed by atoms with Crippen LogP contribution in [0.1, 0.15) is 18.4 Å². The van der Waals surface area contributed by atoms with Gasteiger partial charge in [-0.15, -0.1) is 0 Å². The summed E-state index contributed by atoms with van der Waals surface area (Å²) in [7, 11) is 1.64. The van der Waals surface area contributed by atoms with E-state index in [-0.39, 0.29) is 0 Å². The Bertz CT molecular complexity index is 359. The van der Waals surface area contributed by atoms with Gasteiger partial charge in [0, 0.05) is 35.8 Å². The van der Waals surface area contributed by atoms with E-state index in [1.165, 1.54) is 6.07 Å². The Kier molecular flexibility index (Phi) is 6.72. The van der Waals surface area contributed by atoms with Gasteiger partial charge in [0.25, 0.3) is 0 Å². The van der Waals surface area contributed by atoms with Crippen molar-refractivity contribution in [2.75, 3.05) is 20.3 Å². The number of hydrogen-bond acceptors (Lipinski definition) is 2. The van der Waals surface area contributed by atoms with Crippen LogP contribution in [0.25, 0.3) is 0 Å². The smallest absolute Gasteiger partial charge is 0.133 e. The van der Waals surface area contributed by atoms with Crippen molar-refractivity contribution in [2.45, 2.75) is 17.3 Å². The van der Waals surface area contributed by atoms with E-state index in [2.05, 4.69) is 0 Å². The van der Waals surface area contributed by atoms with Crippen LogP contribution in [0.5, 0.6) is 5.75 Å². The summed E-state index contributed by atoms with van der Waals surface area (Å²) in [6.07, 6.45) is 1.67. The molecule has 0 radical (unpaired) electrons. The fourth-order valence-electron chi connectivity index (χ4n) is 1.37. The molecule has 0 unspecified atom stereocenters. The van der Waals surface area contributed by atoms with Crippen LogP contribution in [0.4, 0.5) is 8.78 Å². The van der Waals surface area contributed by atoms with Crippen LogP contribution in [0, 0.1) is 11.6 Å². The molecule has 1 aromatic carbocycles. The van der Waals surface area contributed by atoms with Crippen molar-refractivity contribution in [3.8, 4) is 5.75 Å². The molecular formula is C12H15F2IO2. The van der Waals surface area contributed by atoms with Crippen molar-refractivity contribution in [1.82, 2.24) is 0 Å². The van der Waals surface area contributed by atoms with Gasteiger partial charge in [-0.05, 0) is 12.8 Å². The van der Waals surface area contributed by atoms with E-state index in [4.69, 9.17) is 9.47 Å². The molecule has 96 valence electrons. The number of unbranched alkanes of at least 4 members (excludes halogenated alkanes) is 1. The van der Waals surface area contributed by atoms with Gasteiger partial charge in [-0.25, -0.2) is 8.78 Å². The molecule has 0 saturated carbocycles. The number of benzene rings is 1. The first-order valence-electron chi connectivity index (χ1n) is 5.34. The maximum atomic E-state index is 13.4. The van der Waals surface area contributed by atoms with Gasteiger partial charge in [-0.1, -0.05) is 22.6 Å². The molecule has 0 aliphatic heterocycles. The summed E-state index contributed by atoms with van der Waals surface area (Å²) >= 11 is 2.03. The maximum Gasteiger partial charge on any atom is 0.133 e. The first-order valence-corrected chi connectivity index (χ1v) is 6.87. The topological polar surface area (TPSA) is 18.5 Å². The Morgan fingerprint density at radius 2 is 1.88 bits per heavy atom.